The van der Waals surface area contributed by atoms with Gasteiger partial charge in [0.1, 0.15) is 0 Å². The molecule has 0 aromatic carbocycles. The monoisotopic (exact) mass is 354 g/mol. The quantitative estimate of drug-likeness (QED) is 0.650. The molecule has 0 bridgehead atoms. The fourth-order valence-corrected chi connectivity index (χ4v) is 4.39. The van der Waals surface area contributed by atoms with Crippen molar-refractivity contribution in [3.8, 4) is 0 Å². The highest BCUT2D eigenvalue weighted by Crippen LogP contribution is 2.30. The van der Waals surface area contributed by atoms with Crippen molar-refractivity contribution >= 4 is 40.0 Å². The molecular weight excluding hydrogens is 332 g/mol. The van der Waals surface area contributed by atoms with E-state index < -0.39 is 0 Å². The SMILES string of the molecule is O=C(Nc1nnc(SCC(=O)N2CCCCCC2)s1)C1CCC1. The van der Waals surface area contributed by atoms with E-state index in [1.165, 1.54) is 35.9 Å². The summed E-state index contributed by atoms with van der Waals surface area (Å²) in [4.78, 5) is 26.1. The smallest absolute Gasteiger partial charge is 0.233 e. The maximum absolute atomic E-state index is 12.2. The maximum Gasteiger partial charge on any atom is 0.233 e. The van der Waals surface area contributed by atoms with Crippen molar-refractivity contribution in [1.29, 1.82) is 0 Å². The van der Waals surface area contributed by atoms with Crippen LogP contribution in [0, 0.1) is 5.92 Å². The lowest BCUT2D eigenvalue weighted by Gasteiger charge is -2.23. The molecule has 1 aliphatic heterocycles. The fraction of sp³-hybridized carbons (Fsp3) is 0.733. The van der Waals surface area contributed by atoms with Crippen LogP contribution in [0.2, 0.25) is 0 Å². The van der Waals surface area contributed by atoms with Crippen molar-refractivity contribution in [2.75, 3.05) is 24.2 Å². The van der Waals surface area contributed by atoms with Crippen LogP contribution in [0.3, 0.4) is 0 Å². The van der Waals surface area contributed by atoms with Gasteiger partial charge >= 0.3 is 0 Å². The van der Waals surface area contributed by atoms with E-state index in [-0.39, 0.29) is 17.7 Å². The topological polar surface area (TPSA) is 75.2 Å². The van der Waals surface area contributed by atoms with Gasteiger partial charge in [0.05, 0.1) is 5.75 Å². The zero-order valence-corrected chi connectivity index (χ0v) is 14.8. The number of hydrogen-bond donors (Lipinski definition) is 1. The highest BCUT2D eigenvalue weighted by atomic mass is 32.2. The van der Waals surface area contributed by atoms with Crippen LogP contribution in [0.25, 0.3) is 0 Å². The Bertz CT molecular complexity index is 551. The molecule has 1 aromatic rings. The molecule has 0 atom stereocenters. The van der Waals surface area contributed by atoms with E-state index in [2.05, 4.69) is 15.5 Å². The molecule has 2 aliphatic rings. The van der Waals surface area contributed by atoms with Gasteiger partial charge in [0.2, 0.25) is 16.9 Å². The number of anilines is 1. The first-order chi connectivity index (χ1) is 11.2. The molecule has 0 radical (unpaired) electrons. The molecule has 2 heterocycles. The van der Waals surface area contributed by atoms with E-state index in [0.717, 1.165) is 49.5 Å². The lowest BCUT2D eigenvalue weighted by molar-refractivity contribution is -0.128. The Hall–Kier alpha value is -1.15. The van der Waals surface area contributed by atoms with Crippen LogP contribution in [-0.4, -0.2) is 45.8 Å². The number of aromatic nitrogens is 2. The van der Waals surface area contributed by atoms with Crippen LogP contribution in [0.1, 0.15) is 44.9 Å². The second-order valence-electron chi connectivity index (χ2n) is 6.07. The number of amides is 2. The molecule has 2 fully saturated rings. The third kappa shape index (κ3) is 4.67. The molecule has 1 saturated carbocycles. The first-order valence-electron chi connectivity index (χ1n) is 8.27. The van der Waals surface area contributed by atoms with Gasteiger partial charge in [0.25, 0.3) is 0 Å². The third-order valence-electron chi connectivity index (χ3n) is 4.39. The Morgan fingerprint density at radius 2 is 1.87 bits per heavy atom. The Morgan fingerprint density at radius 3 is 2.52 bits per heavy atom. The summed E-state index contributed by atoms with van der Waals surface area (Å²) in [5, 5.41) is 11.4. The number of hydrogen-bond acceptors (Lipinski definition) is 6. The molecule has 2 amide bonds. The Labute approximate surface area is 144 Å². The Morgan fingerprint density at radius 1 is 1.13 bits per heavy atom. The van der Waals surface area contributed by atoms with Crippen molar-refractivity contribution in [2.45, 2.75) is 49.3 Å². The number of thioether (sulfide) groups is 1. The van der Waals surface area contributed by atoms with E-state index in [1.54, 1.807) is 0 Å². The van der Waals surface area contributed by atoms with Gasteiger partial charge in [-0.15, -0.1) is 10.2 Å². The summed E-state index contributed by atoms with van der Waals surface area (Å²) in [5.41, 5.74) is 0. The van der Waals surface area contributed by atoms with Crippen LogP contribution in [0.4, 0.5) is 5.13 Å². The van der Waals surface area contributed by atoms with Gasteiger partial charge in [-0.1, -0.05) is 42.4 Å². The van der Waals surface area contributed by atoms with Crippen LogP contribution in [0.15, 0.2) is 4.34 Å². The second kappa shape index (κ2) is 8.10. The fourth-order valence-electron chi connectivity index (χ4n) is 2.73. The Kier molecular flexibility index (Phi) is 5.88. The summed E-state index contributed by atoms with van der Waals surface area (Å²) in [6.45, 7) is 1.75. The maximum atomic E-state index is 12.2. The number of carbonyl (C=O) groups excluding carboxylic acids is 2. The first kappa shape index (κ1) is 16.7. The van der Waals surface area contributed by atoms with Gasteiger partial charge in [-0.2, -0.15) is 0 Å². The summed E-state index contributed by atoms with van der Waals surface area (Å²) >= 11 is 2.75. The molecule has 3 rings (SSSR count). The molecule has 8 heteroatoms. The minimum absolute atomic E-state index is 0.0459. The van der Waals surface area contributed by atoms with Gasteiger partial charge in [-0.3, -0.25) is 9.59 Å². The first-order valence-corrected chi connectivity index (χ1v) is 10.1. The van der Waals surface area contributed by atoms with E-state index >= 15 is 0 Å². The lowest BCUT2D eigenvalue weighted by atomic mass is 9.85. The predicted molar refractivity (Wildman–Crippen MR) is 91.7 cm³/mol. The van der Waals surface area contributed by atoms with Crippen molar-refractivity contribution in [1.82, 2.24) is 15.1 Å². The molecule has 6 nitrogen and oxygen atoms in total. The molecule has 1 aliphatic carbocycles. The summed E-state index contributed by atoms with van der Waals surface area (Å²) < 4.78 is 0.733. The average Bonchev–Trinajstić information content (AvgIpc) is 2.74. The standard InChI is InChI=1S/C15H22N4O2S2/c20-12(19-8-3-1-2-4-9-19)10-22-15-18-17-14(23-15)16-13(21)11-6-5-7-11/h11H,1-10H2,(H,16,17,21). The largest absolute Gasteiger partial charge is 0.342 e. The molecule has 23 heavy (non-hydrogen) atoms. The number of likely N-dealkylation sites (tertiary alicyclic amines) is 1. The highest BCUT2D eigenvalue weighted by molar-refractivity contribution is 8.01. The van der Waals surface area contributed by atoms with Crippen LogP contribution < -0.4 is 5.32 Å². The van der Waals surface area contributed by atoms with Crippen molar-refractivity contribution in [3.63, 3.8) is 0 Å². The molecule has 0 spiro atoms. The summed E-state index contributed by atoms with van der Waals surface area (Å²) in [5.74, 6) is 0.752. The molecule has 126 valence electrons. The van der Waals surface area contributed by atoms with Gasteiger partial charge in [0.15, 0.2) is 4.34 Å². The number of rotatable bonds is 5. The van der Waals surface area contributed by atoms with E-state index in [4.69, 9.17) is 0 Å². The molecule has 1 aromatic heterocycles. The predicted octanol–water partition coefficient (Wildman–Crippen LogP) is 2.77. The highest BCUT2D eigenvalue weighted by Gasteiger charge is 2.26. The molecular formula is C15H22N4O2S2. The van der Waals surface area contributed by atoms with Crippen molar-refractivity contribution in [3.05, 3.63) is 0 Å². The Balaban J connectivity index is 1.44. The van der Waals surface area contributed by atoms with Gasteiger partial charge in [0, 0.05) is 19.0 Å². The van der Waals surface area contributed by atoms with E-state index in [9.17, 15) is 9.59 Å². The number of carbonyl (C=O) groups is 2. The summed E-state index contributed by atoms with van der Waals surface area (Å²) in [6.07, 6.45) is 7.72. The summed E-state index contributed by atoms with van der Waals surface area (Å²) in [6, 6.07) is 0. The lowest BCUT2D eigenvalue weighted by Crippen LogP contribution is -2.33. The van der Waals surface area contributed by atoms with Crippen molar-refractivity contribution < 1.29 is 9.59 Å². The van der Waals surface area contributed by atoms with Gasteiger partial charge in [-0.25, -0.2) is 0 Å². The molecule has 1 saturated heterocycles. The zero-order chi connectivity index (χ0) is 16.1. The average molecular weight is 355 g/mol. The van der Waals surface area contributed by atoms with Crippen LogP contribution in [-0.2, 0) is 9.59 Å². The second-order valence-corrected chi connectivity index (χ2v) is 8.27. The zero-order valence-electron chi connectivity index (χ0n) is 13.1. The minimum Gasteiger partial charge on any atom is -0.342 e. The molecule has 1 N–H and O–H groups in total. The van der Waals surface area contributed by atoms with Crippen LogP contribution >= 0.6 is 23.1 Å². The van der Waals surface area contributed by atoms with Gasteiger partial charge in [-0.05, 0) is 25.7 Å². The number of nitrogens with one attached hydrogen (secondary N) is 1. The third-order valence-corrected chi connectivity index (χ3v) is 6.35. The summed E-state index contributed by atoms with van der Waals surface area (Å²) in [7, 11) is 0. The normalized spacial score (nSPS) is 19.0. The van der Waals surface area contributed by atoms with Gasteiger partial charge < -0.3 is 10.2 Å². The molecule has 0 unspecified atom stereocenters. The number of nitrogens with zero attached hydrogens (tertiary/aromatic N) is 3. The minimum atomic E-state index is 0.0459. The van der Waals surface area contributed by atoms with E-state index in [1.807, 2.05) is 4.90 Å². The van der Waals surface area contributed by atoms with Crippen molar-refractivity contribution in [2.24, 2.45) is 5.92 Å². The van der Waals surface area contributed by atoms with Crippen LogP contribution in [0.5, 0.6) is 0 Å². The van der Waals surface area contributed by atoms with E-state index in [0.29, 0.717) is 10.9 Å².